The zero-order chi connectivity index (χ0) is 14.6. The van der Waals surface area contributed by atoms with E-state index >= 15 is 0 Å². The second-order valence-corrected chi connectivity index (χ2v) is 5.15. The SMILES string of the molecule is CC.Cc1cn(C(C)C)nc1-c1c(Cl)cccc1Cl. The summed E-state index contributed by atoms with van der Waals surface area (Å²) in [5.41, 5.74) is 2.75. The molecule has 0 aliphatic rings. The first-order valence-electron chi connectivity index (χ1n) is 6.51. The molecule has 2 nitrogen and oxygen atoms in total. The first-order chi connectivity index (χ1) is 9.00. The van der Waals surface area contributed by atoms with Crippen molar-refractivity contribution in [3.8, 4) is 11.3 Å². The maximum Gasteiger partial charge on any atom is 0.0982 e. The number of rotatable bonds is 2. The third-order valence-corrected chi connectivity index (χ3v) is 3.27. The summed E-state index contributed by atoms with van der Waals surface area (Å²) in [7, 11) is 0. The van der Waals surface area contributed by atoms with Crippen molar-refractivity contribution in [2.45, 2.75) is 40.7 Å². The summed E-state index contributed by atoms with van der Waals surface area (Å²) in [5, 5.41) is 5.82. The zero-order valence-electron chi connectivity index (χ0n) is 12.0. The number of nitrogens with zero attached hydrogens (tertiary/aromatic N) is 2. The van der Waals surface area contributed by atoms with E-state index in [1.165, 1.54) is 0 Å². The minimum absolute atomic E-state index is 0.323. The molecule has 2 rings (SSSR count). The van der Waals surface area contributed by atoms with Crippen molar-refractivity contribution < 1.29 is 0 Å². The molecule has 0 N–H and O–H groups in total. The Morgan fingerprint density at radius 1 is 1.11 bits per heavy atom. The summed E-state index contributed by atoms with van der Waals surface area (Å²) in [6, 6.07) is 5.82. The van der Waals surface area contributed by atoms with Crippen LogP contribution < -0.4 is 0 Å². The van der Waals surface area contributed by atoms with E-state index in [9.17, 15) is 0 Å². The van der Waals surface area contributed by atoms with E-state index in [0.717, 1.165) is 16.8 Å². The lowest BCUT2D eigenvalue weighted by Crippen LogP contribution is -2.00. The van der Waals surface area contributed by atoms with Crippen molar-refractivity contribution in [2.24, 2.45) is 0 Å². The monoisotopic (exact) mass is 298 g/mol. The van der Waals surface area contributed by atoms with Crippen LogP contribution in [0.1, 0.15) is 39.3 Å². The summed E-state index contributed by atoms with van der Waals surface area (Å²) >= 11 is 12.4. The topological polar surface area (TPSA) is 17.8 Å². The third kappa shape index (κ3) is 3.52. The molecule has 0 aliphatic heterocycles. The highest BCUT2D eigenvalue weighted by Gasteiger charge is 2.15. The summed E-state index contributed by atoms with van der Waals surface area (Å²) in [5.74, 6) is 0. The Morgan fingerprint density at radius 3 is 2.05 bits per heavy atom. The molecule has 0 amide bonds. The highest BCUT2D eigenvalue weighted by molar-refractivity contribution is 6.39. The van der Waals surface area contributed by atoms with Gasteiger partial charge in [0.2, 0.25) is 0 Å². The number of hydrogen-bond donors (Lipinski definition) is 0. The van der Waals surface area contributed by atoms with Crippen LogP contribution in [0.3, 0.4) is 0 Å². The van der Waals surface area contributed by atoms with E-state index < -0.39 is 0 Å². The van der Waals surface area contributed by atoms with Crippen LogP contribution in [0.25, 0.3) is 11.3 Å². The van der Waals surface area contributed by atoms with Crippen molar-refractivity contribution in [3.63, 3.8) is 0 Å². The fourth-order valence-corrected chi connectivity index (χ4v) is 2.29. The van der Waals surface area contributed by atoms with Crippen molar-refractivity contribution in [3.05, 3.63) is 40.0 Å². The van der Waals surface area contributed by atoms with Crippen LogP contribution in [0.2, 0.25) is 10.0 Å². The molecule has 0 bridgehead atoms. The molecule has 0 atom stereocenters. The molecule has 0 saturated carbocycles. The van der Waals surface area contributed by atoms with Gasteiger partial charge < -0.3 is 0 Å². The van der Waals surface area contributed by atoms with Crippen LogP contribution in [0.4, 0.5) is 0 Å². The van der Waals surface area contributed by atoms with Crippen LogP contribution in [0, 0.1) is 6.92 Å². The fraction of sp³-hybridized carbons (Fsp3) is 0.400. The molecule has 2 aromatic rings. The predicted molar refractivity (Wildman–Crippen MR) is 84.2 cm³/mol. The zero-order valence-corrected chi connectivity index (χ0v) is 13.5. The van der Waals surface area contributed by atoms with Gasteiger partial charge in [-0.15, -0.1) is 0 Å². The Kier molecular flexibility index (Phi) is 5.89. The number of aryl methyl sites for hydroxylation is 1. The maximum absolute atomic E-state index is 6.19. The largest absolute Gasteiger partial charge is 0.269 e. The number of aromatic nitrogens is 2. The molecule has 4 heteroatoms. The van der Waals surface area contributed by atoms with Crippen LogP contribution in [0.15, 0.2) is 24.4 Å². The predicted octanol–water partition coefficient (Wildman–Crippen LogP) is 5.77. The molecule has 1 aromatic carbocycles. The lowest BCUT2D eigenvalue weighted by atomic mass is 10.1. The summed E-state index contributed by atoms with van der Waals surface area (Å²) in [6.45, 7) is 10.2. The van der Waals surface area contributed by atoms with Crippen molar-refractivity contribution in [2.75, 3.05) is 0 Å². The molecule has 1 heterocycles. The molecular weight excluding hydrogens is 279 g/mol. The van der Waals surface area contributed by atoms with E-state index in [1.54, 1.807) is 0 Å². The van der Waals surface area contributed by atoms with Gasteiger partial charge in [-0.3, -0.25) is 4.68 Å². The second-order valence-electron chi connectivity index (χ2n) is 4.33. The van der Waals surface area contributed by atoms with E-state index in [0.29, 0.717) is 16.1 Å². The highest BCUT2D eigenvalue weighted by Crippen LogP contribution is 2.35. The fourth-order valence-electron chi connectivity index (χ4n) is 1.72. The highest BCUT2D eigenvalue weighted by atomic mass is 35.5. The number of benzene rings is 1. The summed E-state index contributed by atoms with van der Waals surface area (Å²) in [4.78, 5) is 0. The molecule has 0 saturated heterocycles. The average Bonchev–Trinajstić information content (AvgIpc) is 2.74. The first kappa shape index (κ1) is 16.1. The summed E-state index contributed by atoms with van der Waals surface area (Å²) < 4.78 is 1.92. The molecular formula is C15H20Cl2N2. The van der Waals surface area contributed by atoms with Gasteiger partial charge in [0, 0.05) is 17.8 Å². The lowest BCUT2D eigenvalue weighted by Gasteiger charge is -2.06. The molecule has 0 unspecified atom stereocenters. The number of hydrogen-bond acceptors (Lipinski definition) is 1. The van der Waals surface area contributed by atoms with Gasteiger partial charge in [-0.05, 0) is 38.5 Å². The lowest BCUT2D eigenvalue weighted by molar-refractivity contribution is 0.533. The third-order valence-electron chi connectivity index (χ3n) is 2.64. The molecule has 0 aliphatic carbocycles. The first-order valence-corrected chi connectivity index (χ1v) is 7.26. The normalized spacial score (nSPS) is 10.3. The molecule has 0 spiro atoms. The second kappa shape index (κ2) is 6.97. The Morgan fingerprint density at radius 2 is 1.63 bits per heavy atom. The Balaban J connectivity index is 0.000000861. The average molecular weight is 299 g/mol. The van der Waals surface area contributed by atoms with Gasteiger partial charge in [0.05, 0.1) is 15.7 Å². The van der Waals surface area contributed by atoms with E-state index in [-0.39, 0.29) is 0 Å². The smallest absolute Gasteiger partial charge is 0.0982 e. The quantitative estimate of drug-likeness (QED) is 0.688. The minimum atomic E-state index is 0.323. The van der Waals surface area contributed by atoms with Crippen LogP contribution >= 0.6 is 23.2 Å². The molecule has 104 valence electrons. The molecule has 19 heavy (non-hydrogen) atoms. The van der Waals surface area contributed by atoms with Crippen molar-refractivity contribution in [1.82, 2.24) is 9.78 Å². The van der Waals surface area contributed by atoms with Crippen LogP contribution in [-0.2, 0) is 0 Å². The van der Waals surface area contributed by atoms with Gasteiger partial charge in [-0.25, -0.2) is 0 Å². The molecule has 0 radical (unpaired) electrons. The molecule has 1 aromatic heterocycles. The number of halogens is 2. The van der Waals surface area contributed by atoms with Crippen molar-refractivity contribution >= 4 is 23.2 Å². The van der Waals surface area contributed by atoms with E-state index in [4.69, 9.17) is 23.2 Å². The van der Waals surface area contributed by atoms with Gasteiger partial charge >= 0.3 is 0 Å². The van der Waals surface area contributed by atoms with Crippen molar-refractivity contribution in [1.29, 1.82) is 0 Å². The summed E-state index contributed by atoms with van der Waals surface area (Å²) in [6.07, 6.45) is 2.01. The van der Waals surface area contributed by atoms with Gasteiger partial charge in [-0.1, -0.05) is 43.1 Å². The van der Waals surface area contributed by atoms with Gasteiger partial charge in [-0.2, -0.15) is 5.10 Å². The van der Waals surface area contributed by atoms with E-state index in [1.807, 2.05) is 49.8 Å². The van der Waals surface area contributed by atoms with Gasteiger partial charge in [0.25, 0.3) is 0 Å². The Labute approximate surface area is 125 Å². The van der Waals surface area contributed by atoms with Crippen LogP contribution in [-0.4, -0.2) is 9.78 Å². The standard InChI is InChI=1S/C13H14Cl2N2.C2H6/c1-8(2)17-7-9(3)13(16-17)12-10(14)5-4-6-11(12)15;1-2/h4-8H,1-3H3;1-2H3. The Hall–Kier alpha value is -0.990. The van der Waals surface area contributed by atoms with Crippen LogP contribution in [0.5, 0.6) is 0 Å². The Bertz CT molecular complexity index is 525. The molecule has 0 fully saturated rings. The maximum atomic E-state index is 6.19. The van der Waals surface area contributed by atoms with Gasteiger partial charge in [0.15, 0.2) is 0 Å². The van der Waals surface area contributed by atoms with E-state index in [2.05, 4.69) is 18.9 Å². The minimum Gasteiger partial charge on any atom is -0.269 e. The van der Waals surface area contributed by atoms with Gasteiger partial charge in [0.1, 0.15) is 0 Å².